The minimum absolute atomic E-state index is 0.150. The van der Waals surface area contributed by atoms with Gasteiger partial charge in [-0.15, -0.1) is 0 Å². The van der Waals surface area contributed by atoms with Gasteiger partial charge >= 0.3 is 5.97 Å². The number of Topliss-reactive ketones (excluding diaryl/α,β-unsaturated/α-hetero) is 1. The van der Waals surface area contributed by atoms with Gasteiger partial charge in [0.15, 0.2) is 5.78 Å². The van der Waals surface area contributed by atoms with Crippen molar-refractivity contribution in [3.8, 4) is 0 Å². The fourth-order valence-electron chi connectivity index (χ4n) is 0.871. The topological polar surface area (TPSA) is 43.4 Å². The van der Waals surface area contributed by atoms with Crippen molar-refractivity contribution in [2.75, 3.05) is 6.61 Å². The van der Waals surface area contributed by atoms with Gasteiger partial charge in [-0.3, -0.25) is 4.79 Å². The van der Waals surface area contributed by atoms with Crippen molar-refractivity contribution < 1.29 is 14.3 Å². The monoisotopic (exact) mass is 184 g/mol. The Morgan fingerprint density at radius 3 is 2.23 bits per heavy atom. The fraction of sp³-hybridized carbons (Fsp3) is 0.600. The summed E-state index contributed by atoms with van der Waals surface area (Å²) in [7, 11) is 0. The molecule has 0 rings (SSSR count). The number of hydrogen-bond donors (Lipinski definition) is 0. The lowest BCUT2D eigenvalue weighted by Crippen LogP contribution is -2.14. The molecule has 0 bridgehead atoms. The van der Waals surface area contributed by atoms with E-state index in [0.717, 1.165) is 0 Å². The maximum Gasteiger partial charge on any atom is 0.341 e. The molecule has 0 N–H and O–H groups in total. The first-order valence-electron chi connectivity index (χ1n) is 4.38. The van der Waals surface area contributed by atoms with Gasteiger partial charge in [-0.05, 0) is 19.8 Å². The number of carbonyl (C=O) groups is 2. The maximum absolute atomic E-state index is 11.2. The molecular formula is C10H16O3. The Morgan fingerprint density at radius 2 is 1.92 bits per heavy atom. The quantitative estimate of drug-likeness (QED) is 0.289. The normalized spacial score (nSPS) is 11.6. The second kappa shape index (κ2) is 5.51. The molecule has 0 saturated carbocycles. The Labute approximate surface area is 78.8 Å². The average molecular weight is 184 g/mol. The van der Waals surface area contributed by atoms with E-state index in [2.05, 4.69) is 0 Å². The van der Waals surface area contributed by atoms with Gasteiger partial charge in [0.25, 0.3) is 0 Å². The summed E-state index contributed by atoms with van der Waals surface area (Å²) in [6.45, 7) is 7.18. The second-order valence-corrected chi connectivity index (χ2v) is 3.10. The molecule has 0 heterocycles. The third kappa shape index (κ3) is 4.45. The highest BCUT2D eigenvalue weighted by atomic mass is 16.5. The largest absolute Gasteiger partial charge is 0.462 e. The SMILES string of the molecule is CCOC(=O)/C(=C\C(C)C)C(C)=O. The molecule has 0 aliphatic carbocycles. The van der Waals surface area contributed by atoms with Gasteiger partial charge < -0.3 is 4.74 Å². The van der Waals surface area contributed by atoms with Crippen molar-refractivity contribution in [1.29, 1.82) is 0 Å². The molecule has 0 unspecified atom stereocenters. The van der Waals surface area contributed by atoms with Crippen molar-refractivity contribution in [3.63, 3.8) is 0 Å². The van der Waals surface area contributed by atoms with E-state index in [0.29, 0.717) is 6.61 Å². The number of ether oxygens (including phenoxy) is 1. The van der Waals surface area contributed by atoms with Crippen molar-refractivity contribution in [1.82, 2.24) is 0 Å². The van der Waals surface area contributed by atoms with E-state index in [1.807, 2.05) is 13.8 Å². The van der Waals surface area contributed by atoms with Crippen LogP contribution < -0.4 is 0 Å². The predicted octanol–water partition coefficient (Wildman–Crippen LogP) is 1.72. The van der Waals surface area contributed by atoms with E-state index in [1.54, 1.807) is 13.0 Å². The molecule has 0 spiro atoms. The van der Waals surface area contributed by atoms with Crippen LogP contribution in [0.1, 0.15) is 27.7 Å². The van der Waals surface area contributed by atoms with Crippen LogP contribution in [0, 0.1) is 5.92 Å². The zero-order valence-electron chi connectivity index (χ0n) is 8.59. The van der Waals surface area contributed by atoms with Gasteiger partial charge in [0.05, 0.1) is 12.2 Å². The Hall–Kier alpha value is -1.12. The maximum atomic E-state index is 11.2. The summed E-state index contributed by atoms with van der Waals surface area (Å²) in [5, 5.41) is 0. The van der Waals surface area contributed by atoms with Crippen molar-refractivity contribution in [3.05, 3.63) is 11.6 Å². The molecule has 3 heteroatoms. The second-order valence-electron chi connectivity index (χ2n) is 3.10. The summed E-state index contributed by atoms with van der Waals surface area (Å²) in [6.07, 6.45) is 1.63. The lowest BCUT2D eigenvalue weighted by atomic mass is 10.1. The Balaban J connectivity index is 4.61. The van der Waals surface area contributed by atoms with Crippen LogP contribution in [0.25, 0.3) is 0 Å². The van der Waals surface area contributed by atoms with Gasteiger partial charge in [-0.2, -0.15) is 0 Å². The third-order valence-electron chi connectivity index (χ3n) is 1.37. The highest BCUT2D eigenvalue weighted by molar-refractivity contribution is 6.16. The number of carbonyl (C=O) groups excluding carboxylic acids is 2. The number of allylic oxidation sites excluding steroid dienone is 1. The van der Waals surface area contributed by atoms with Crippen molar-refractivity contribution in [2.24, 2.45) is 5.92 Å². The van der Waals surface area contributed by atoms with Crippen LogP contribution in [0.2, 0.25) is 0 Å². The van der Waals surface area contributed by atoms with Gasteiger partial charge in [-0.1, -0.05) is 19.9 Å². The smallest absolute Gasteiger partial charge is 0.341 e. The molecule has 0 fully saturated rings. The molecule has 0 aliphatic rings. The Bertz CT molecular complexity index is 226. The molecule has 13 heavy (non-hydrogen) atoms. The third-order valence-corrected chi connectivity index (χ3v) is 1.37. The van der Waals surface area contributed by atoms with Crippen LogP contribution in [0.15, 0.2) is 11.6 Å². The lowest BCUT2D eigenvalue weighted by Gasteiger charge is -2.04. The highest BCUT2D eigenvalue weighted by Gasteiger charge is 2.15. The van der Waals surface area contributed by atoms with E-state index < -0.39 is 5.97 Å². The molecule has 0 saturated heterocycles. The number of esters is 1. The van der Waals surface area contributed by atoms with E-state index in [4.69, 9.17) is 4.74 Å². The molecule has 0 aliphatic heterocycles. The number of ketones is 1. The van der Waals surface area contributed by atoms with E-state index >= 15 is 0 Å². The molecular weight excluding hydrogens is 168 g/mol. The average Bonchev–Trinajstić information content (AvgIpc) is 1.99. The lowest BCUT2D eigenvalue weighted by molar-refractivity contribution is -0.139. The summed E-state index contributed by atoms with van der Waals surface area (Å²) in [4.78, 5) is 22.2. The zero-order chi connectivity index (χ0) is 10.4. The summed E-state index contributed by atoms with van der Waals surface area (Å²) in [5.74, 6) is -0.598. The van der Waals surface area contributed by atoms with Crippen LogP contribution in [0.4, 0.5) is 0 Å². The van der Waals surface area contributed by atoms with Gasteiger partial charge in [0, 0.05) is 0 Å². The molecule has 0 aromatic carbocycles. The molecule has 74 valence electrons. The van der Waals surface area contributed by atoms with E-state index in [1.165, 1.54) is 6.92 Å². The first kappa shape index (κ1) is 11.9. The minimum atomic E-state index is -0.524. The molecule has 0 amide bonds. The van der Waals surface area contributed by atoms with Crippen LogP contribution in [-0.4, -0.2) is 18.4 Å². The van der Waals surface area contributed by atoms with Crippen LogP contribution >= 0.6 is 0 Å². The van der Waals surface area contributed by atoms with Crippen LogP contribution in [0.5, 0.6) is 0 Å². The first-order chi connectivity index (χ1) is 5.99. The van der Waals surface area contributed by atoms with E-state index in [9.17, 15) is 9.59 Å². The molecule has 0 aromatic heterocycles. The van der Waals surface area contributed by atoms with Gasteiger partial charge in [0.1, 0.15) is 0 Å². The van der Waals surface area contributed by atoms with Crippen molar-refractivity contribution >= 4 is 11.8 Å². The minimum Gasteiger partial charge on any atom is -0.462 e. The van der Waals surface area contributed by atoms with Crippen molar-refractivity contribution in [2.45, 2.75) is 27.7 Å². The predicted molar refractivity (Wildman–Crippen MR) is 50.2 cm³/mol. The summed E-state index contributed by atoms with van der Waals surface area (Å²) < 4.78 is 4.74. The Morgan fingerprint density at radius 1 is 1.38 bits per heavy atom. The molecule has 0 atom stereocenters. The highest BCUT2D eigenvalue weighted by Crippen LogP contribution is 2.05. The standard InChI is InChI=1S/C10H16O3/c1-5-13-10(12)9(8(4)11)6-7(2)3/h6-7H,5H2,1-4H3/b9-6-. The zero-order valence-corrected chi connectivity index (χ0v) is 8.59. The molecule has 0 aromatic rings. The number of rotatable bonds is 4. The fourth-order valence-corrected chi connectivity index (χ4v) is 0.871. The van der Waals surface area contributed by atoms with Crippen LogP contribution in [-0.2, 0) is 14.3 Å². The summed E-state index contributed by atoms with van der Waals surface area (Å²) in [5.41, 5.74) is 0.150. The van der Waals surface area contributed by atoms with E-state index in [-0.39, 0.29) is 17.3 Å². The number of hydrogen-bond acceptors (Lipinski definition) is 3. The summed E-state index contributed by atoms with van der Waals surface area (Å²) >= 11 is 0. The molecule has 0 radical (unpaired) electrons. The Kier molecular flexibility index (Phi) is 5.04. The first-order valence-corrected chi connectivity index (χ1v) is 4.38. The van der Waals surface area contributed by atoms with Gasteiger partial charge in [-0.25, -0.2) is 4.79 Å². The van der Waals surface area contributed by atoms with Gasteiger partial charge in [0.2, 0.25) is 0 Å². The van der Waals surface area contributed by atoms with Crippen LogP contribution in [0.3, 0.4) is 0 Å². The molecule has 3 nitrogen and oxygen atoms in total. The summed E-state index contributed by atoms with van der Waals surface area (Å²) in [6, 6.07) is 0.